The fourth-order valence-corrected chi connectivity index (χ4v) is 2.04. The number of hydrogen-bond donors (Lipinski definition) is 1. The van der Waals surface area contributed by atoms with Gasteiger partial charge in [0, 0.05) is 39.0 Å². The van der Waals surface area contributed by atoms with Gasteiger partial charge in [0.05, 0.1) is 39.6 Å². The fourth-order valence-electron chi connectivity index (χ4n) is 2.04. The topological polar surface area (TPSA) is 83.1 Å². The molecule has 0 rings (SSSR count). The third kappa shape index (κ3) is 21.1. The maximum atomic E-state index is 11.6. The van der Waals surface area contributed by atoms with Crippen LogP contribution in [0.2, 0.25) is 0 Å². The highest BCUT2D eigenvalue weighted by Crippen LogP contribution is 1.98. The molecule has 1 N–H and O–H groups in total. The maximum Gasteiger partial charge on any atom is 0.219 e. The predicted octanol–water partition coefficient (Wildman–Crippen LogP) is 2.36. The molecular formula is C20H39NO6. The van der Waals surface area contributed by atoms with E-state index in [-0.39, 0.29) is 11.7 Å². The van der Waals surface area contributed by atoms with Gasteiger partial charge in [-0.2, -0.15) is 0 Å². The number of carbonyl (C=O) groups excluding carboxylic acids is 2. The van der Waals surface area contributed by atoms with Crippen molar-refractivity contribution >= 4 is 11.7 Å². The highest BCUT2D eigenvalue weighted by molar-refractivity contribution is 5.80. The first kappa shape index (κ1) is 26.0. The second-order valence-electron chi connectivity index (χ2n) is 6.73. The van der Waals surface area contributed by atoms with Crippen molar-refractivity contribution in [2.75, 3.05) is 59.4 Å². The molecule has 0 aromatic rings. The van der Waals surface area contributed by atoms with Gasteiger partial charge in [-0.05, 0) is 18.8 Å². The number of amides is 1. The van der Waals surface area contributed by atoms with Gasteiger partial charge in [0.25, 0.3) is 0 Å². The van der Waals surface area contributed by atoms with Crippen LogP contribution >= 0.6 is 0 Å². The Morgan fingerprint density at radius 1 is 0.778 bits per heavy atom. The van der Waals surface area contributed by atoms with Crippen molar-refractivity contribution in [2.24, 2.45) is 5.92 Å². The van der Waals surface area contributed by atoms with Gasteiger partial charge in [0.1, 0.15) is 5.78 Å². The summed E-state index contributed by atoms with van der Waals surface area (Å²) in [4.78, 5) is 22.6. The molecule has 160 valence electrons. The molecule has 7 heteroatoms. The zero-order valence-corrected chi connectivity index (χ0v) is 17.4. The van der Waals surface area contributed by atoms with Gasteiger partial charge < -0.3 is 24.3 Å². The summed E-state index contributed by atoms with van der Waals surface area (Å²) in [5.74, 6) is 0.796. The van der Waals surface area contributed by atoms with Crippen LogP contribution < -0.4 is 5.32 Å². The molecule has 0 saturated heterocycles. The Morgan fingerprint density at radius 2 is 1.30 bits per heavy atom. The number of rotatable bonds is 20. The second-order valence-corrected chi connectivity index (χ2v) is 6.73. The first-order chi connectivity index (χ1) is 13.1. The summed E-state index contributed by atoms with van der Waals surface area (Å²) in [5, 5.41) is 2.69. The lowest BCUT2D eigenvalue weighted by Gasteiger charge is -2.08. The molecule has 0 aliphatic rings. The van der Waals surface area contributed by atoms with Crippen LogP contribution in [-0.2, 0) is 28.5 Å². The number of carbonyl (C=O) groups is 2. The van der Waals surface area contributed by atoms with E-state index in [1.807, 2.05) is 0 Å². The van der Waals surface area contributed by atoms with Crippen LogP contribution in [0.3, 0.4) is 0 Å². The highest BCUT2D eigenvalue weighted by atomic mass is 16.6. The summed E-state index contributed by atoms with van der Waals surface area (Å²) >= 11 is 0. The molecular weight excluding hydrogens is 350 g/mol. The van der Waals surface area contributed by atoms with E-state index < -0.39 is 0 Å². The number of Topliss-reactive ketones (excluding diaryl/α,β-unsaturated/α-hetero) is 1. The molecule has 7 nitrogen and oxygen atoms in total. The molecule has 1 amide bonds. The first-order valence-corrected chi connectivity index (χ1v) is 10.2. The van der Waals surface area contributed by atoms with Gasteiger partial charge in [-0.15, -0.1) is 0 Å². The molecule has 0 fully saturated rings. The quantitative estimate of drug-likeness (QED) is 0.322. The molecule has 0 spiro atoms. The Balaban J connectivity index is 3.16. The average molecular weight is 390 g/mol. The minimum Gasteiger partial charge on any atom is -0.379 e. The minimum atomic E-state index is -0.0218. The predicted molar refractivity (Wildman–Crippen MR) is 105 cm³/mol. The molecule has 27 heavy (non-hydrogen) atoms. The Hall–Kier alpha value is -1.02. The first-order valence-electron chi connectivity index (χ1n) is 10.2. The number of ether oxygens (including phenoxy) is 4. The van der Waals surface area contributed by atoms with Gasteiger partial charge in [-0.25, -0.2) is 0 Å². The van der Waals surface area contributed by atoms with Gasteiger partial charge >= 0.3 is 0 Å². The molecule has 0 saturated carbocycles. The van der Waals surface area contributed by atoms with Crippen LogP contribution in [0.5, 0.6) is 0 Å². The molecule has 0 aliphatic carbocycles. The summed E-state index contributed by atoms with van der Waals surface area (Å²) in [5.41, 5.74) is 0. The Kier molecular flexibility index (Phi) is 19.0. The molecule has 0 unspecified atom stereocenters. The van der Waals surface area contributed by atoms with Crippen LogP contribution in [0.4, 0.5) is 0 Å². The van der Waals surface area contributed by atoms with Gasteiger partial charge in [-0.1, -0.05) is 20.8 Å². The summed E-state index contributed by atoms with van der Waals surface area (Å²) in [6.07, 6.45) is 3.09. The van der Waals surface area contributed by atoms with E-state index in [9.17, 15) is 9.59 Å². The van der Waals surface area contributed by atoms with Crippen molar-refractivity contribution in [1.29, 1.82) is 0 Å². The Bertz CT molecular complexity index is 362. The zero-order chi connectivity index (χ0) is 20.2. The lowest BCUT2D eigenvalue weighted by molar-refractivity contribution is -0.121. The normalized spacial score (nSPS) is 11.1. The van der Waals surface area contributed by atoms with E-state index in [4.69, 9.17) is 18.9 Å². The van der Waals surface area contributed by atoms with Crippen molar-refractivity contribution in [3.63, 3.8) is 0 Å². The average Bonchev–Trinajstić information content (AvgIpc) is 2.64. The van der Waals surface area contributed by atoms with Crippen molar-refractivity contribution in [3.05, 3.63) is 0 Å². The van der Waals surface area contributed by atoms with Gasteiger partial charge in [-0.3, -0.25) is 9.59 Å². The Labute approximate surface area is 164 Å². The van der Waals surface area contributed by atoms with Crippen molar-refractivity contribution in [2.45, 2.75) is 52.9 Å². The monoisotopic (exact) mass is 389 g/mol. The highest BCUT2D eigenvalue weighted by Gasteiger charge is 2.03. The Morgan fingerprint density at radius 3 is 1.81 bits per heavy atom. The summed E-state index contributed by atoms with van der Waals surface area (Å²) in [7, 11) is 0. The third-order valence-electron chi connectivity index (χ3n) is 3.75. The summed E-state index contributed by atoms with van der Waals surface area (Å²) in [6.45, 7) is 11.2. The molecule has 0 aromatic carbocycles. The third-order valence-corrected chi connectivity index (χ3v) is 3.75. The van der Waals surface area contributed by atoms with Gasteiger partial charge in [0.2, 0.25) is 5.91 Å². The van der Waals surface area contributed by atoms with Crippen molar-refractivity contribution in [1.82, 2.24) is 5.32 Å². The van der Waals surface area contributed by atoms with Crippen LogP contribution in [-0.4, -0.2) is 71.1 Å². The number of hydrogen-bond acceptors (Lipinski definition) is 6. The van der Waals surface area contributed by atoms with Crippen molar-refractivity contribution in [3.8, 4) is 0 Å². The van der Waals surface area contributed by atoms with Crippen LogP contribution in [0.15, 0.2) is 0 Å². The second kappa shape index (κ2) is 19.7. The molecule has 0 radical (unpaired) electrons. The SMILES string of the molecule is CCC(=O)NCCC(=O)CCCOCCOCCOCCOCCC(C)C. The smallest absolute Gasteiger partial charge is 0.219 e. The minimum absolute atomic E-state index is 0.0218. The number of nitrogens with one attached hydrogen (secondary N) is 1. The van der Waals surface area contributed by atoms with Crippen LogP contribution in [0, 0.1) is 5.92 Å². The molecule has 0 aliphatic heterocycles. The lowest BCUT2D eigenvalue weighted by atomic mass is 10.1. The molecule has 0 aromatic heterocycles. The molecule has 0 bridgehead atoms. The standard InChI is InChI=1S/C20H39NO6/c1-4-20(23)21-9-7-19(22)6-5-10-24-12-14-26-16-17-27-15-13-25-11-8-18(2)3/h18H,4-17H2,1-3H3,(H,21,23). The van der Waals surface area contributed by atoms with E-state index in [0.717, 1.165) is 13.0 Å². The summed E-state index contributed by atoms with van der Waals surface area (Å²) in [6, 6.07) is 0. The maximum absolute atomic E-state index is 11.6. The largest absolute Gasteiger partial charge is 0.379 e. The van der Waals surface area contributed by atoms with Gasteiger partial charge in [0.15, 0.2) is 0 Å². The zero-order valence-electron chi connectivity index (χ0n) is 17.4. The van der Waals surface area contributed by atoms with Crippen LogP contribution in [0.1, 0.15) is 52.9 Å². The summed E-state index contributed by atoms with van der Waals surface area (Å²) < 4.78 is 21.7. The van der Waals surface area contributed by atoms with E-state index >= 15 is 0 Å². The fraction of sp³-hybridized carbons (Fsp3) is 0.900. The number of ketones is 1. The van der Waals surface area contributed by atoms with Crippen molar-refractivity contribution < 1.29 is 28.5 Å². The lowest BCUT2D eigenvalue weighted by Crippen LogP contribution is -2.25. The van der Waals surface area contributed by atoms with E-state index in [1.165, 1.54) is 0 Å². The molecule has 0 atom stereocenters. The van der Waals surface area contributed by atoms with E-state index in [2.05, 4.69) is 19.2 Å². The van der Waals surface area contributed by atoms with E-state index in [1.54, 1.807) is 6.92 Å². The van der Waals surface area contributed by atoms with Crippen LogP contribution in [0.25, 0.3) is 0 Å². The molecule has 0 heterocycles. The van der Waals surface area contributed by atoms with E-state index in [0.29, 0.717) is 84.4 Å².